The summed E-state index contributed by atoms with van der Waals surface area (Å²) in [5.74, 6) is 1.67. The number of likely N-dealkylation sites (N-methyl/N-ethyl adjacent to an activating group) is 1. The zero-order chi connectivity index (χ0) is 13.7. The first-order chi connectivity index (χ1) is 9.20. The van der Waals surface area contributed by atoms with Crippen molar-refractivity contribution < 1.29 is 4.52 Å². The Morgan fingerprint density at radius 3 is 2.63 bits per heavy atom. The fourth-order valence-electron chi connectivity index (χ4n) is 2.02. The van der Waals surface area contributed by atoms with Crippen LogP contribution in [0, 0.1) is 0 Å². The van der Waals surface area contributed by atoms with E-state index in [0.717, 1.165) is 12.4 Å². The van der Waals surface area contributed by atoms with Gasteiger partial charge in [0.2, 0.25) is 5.89 Å². The van der Waals surface area contributed by atoms with E-state index >= 15 is 0 Å². The molecule has 0 fully saturated rings. The van der Waals surface area contributed by atoms with Crippen LogP contribution in [0.5, 0.6) is 0 Å². The lowest BCUT2D eigenvalue weighted by molar-refractivity contribution is 0.330. The molecule has 2 rings (SSSR count). The minimum atomic E-state index is 0.219. The Kier molecular flexibility index (Phi) is 4.68. The number of aromatic nitrogens is 2. The van der Waals surface area contributed by atoms with Crippen molar-refractivity contribution in [3.05, 3.63) is 47.6 Å². The smallest absolute Gasteiger partial charge is 0.231 e. The van der Waals surface area contributed by atoms with Gasteiger partial charge in [-0.3, -0.25) is 0 Å². The number of hydrogen-bond acceptors (Lipinski definition) is 4. The molecule has 0 bridgehead atoms. The maximum absolute atomic E-state index is 5.36. The van der Waals surface area contributed by atoms with Crippen molar-refractivity contribution in [1.29, 1.82) is 0 Å². The topological polar surface area (TPSA) is 51.0 Å². The molecular weight excluding hydrogens is 238 g/mol. The number of rotatable bonds is 6. The summed E-state index contributed by atoms with van der Waals surface area (Å²) in [4.78, 5) is 4.49. The van der Waals surface area contributed by atoms with E-state index in [4.69, 9.17) is 4.52 Å². The molecule has 1 aromatic heterocycles. The average Bonchev–Trinajstić information content (AvgIpc) is 2.88. The molecule has 2 aromatic rings. The Morgan fingerprint density at radius 2 is 1.95 bits per heavy atom. The minimum Gasteiger partial charge on any atom is -0.339 e. The molecule has 1 N–H and O–H groups in total. The number of hydrogen-bond donors (Lipinski definition) is 1. The molecule has 0 saturated heterocycles. The van der Waals surface area contributed by atoms with Gasteiger partial charge in [0.25, 0.3) is 0 Å². The van der Waals surface area contributed by atoms with Crippen LogP contribution < -0.4 is 5.32 Å². The maximum atomic E-state index is 5.36. The molecule has 102 valence electrons. The SMILES string of the molecule is CCNC(C)C(C)c1nc(Cc2ccccc2)no1. The third kappa shape index (κ3) is 3.64. The summed E-state index contributed by atoms with van der Waals surface area (Å²) in [6.45, 7) is 7.27. The van der Waals surface area contributed by atoms with Crippen LogP contribution in [0.4, 0.5) is 0 Å². The Hall–Kier alpha value is -1.68. The largest absolute Gasteiger partial charge is 0.339 e. The third-order valence-electron chi connectivity index (χ3n) is 3.35. The summed E-state index contributed by atoms with van der Waals surface area (Å²) in [5.41, 5.74) is 1.20. The Balaban J connectivity index is 2.03. The quantitative estimate of drug-likeness (QED) is 0.866. The van der Waals surface area contributed by atoms with E-state index in [1.807, 2.05) is 18.2 Å². The highest BCUT2D eigenvalue weighted by Crippen LogP contribution is 2.18. The second kappa shape index (κ2) is 6.48. The van der Waals surface area contributed by atoms with Crippen molar-refractivity contribution in [1.82, 2.24) is 15.5 Å². The third-order valence-corrected chi connectivity index (χ3v) is 3.35. The molecule has 0 aliphatic carbocycles. The van der Waals surface area contributed by atoms with Gasteiger partial charge in [-0.2, -0.15) is 4.98 Å². The summed E-state index contributed by atoms with van der Waals surface area (Å²) < 4.78 is 5.36. The van der Waals surface area contributed by atoms with Gasteiger partial charge in [0.1, 0.15) is 0 Å². The van der Waals surface area contributed by atoms with E-state index < -0.39 is 0 Å². The molecule has 19 heavy (non-hydrogen) atoms. The second-order valence-electron chi connectivity index (χ2n) is 4.85. The van der Waals surface area contributed by atoms with Crippen molar-refractivity contribution in [2.75, 3.05) is 6.54 Å². The van der Waals surface area contributed by atoms with Gasteiger partial charge in [0.05, 0.1) is 5.92 Å². The molecule has 4 heteroatoms. The van der Waals surface area contributed by atoms with Gasteiger partial charge < -0.3 is 9.84 Å². The van der Waals surface area contributed by atoms with E-state index in [2.05, 4.69) is 48.4 Å². The maximum Gasteiger partial charge on any atom is 0.231 e. The van der Waals surface area contributed by atoms with Crippen LogP contribution in [-0.4, -0.2) is 22.7 Å². The molecular formula is C15H21N3O. The lowest BCUT2D eigenvalue weighted by Crippen LogP contribution is -2.30. The highest BCUT2D eigenvalue weighted by atomic mass is 16.5. The van der Waals surface area contributed by atoms with E-state index in [1.165, 1.54) is 5.56 Å². The Morgan fingerprint density at radius 1 is 1.21 bits per heavy atom. The predicted octanol–water partition coefficient (Wildman–Crippen LogP) is 2.76. The summed E-state index contributed by atoms with van der Waals surface area (Å²) >= 11 is 0. The molecule has 0 spiro atoms. The van der Waals surface area contributed by atoms with Gasteiger partial charge >= 0.3 is 0 Å². The van der Waals surface area contributed by atoms with Gasteiger partial charge in [-0.15, -0.1) is 0 Å². The number of nitrogens with one attached hydrogen (secondary N) is 1. The summed E-state index contributed by atoms with van der Waals surface area (Å²) in [7, 11) is 0. The van der Waals surface area contributed by atoms with Crippen LogP contribution in [0.15, 0.2) is 34.9 Å². The molecule has 0 radical (unpaired) electrons. The van der Waals surface area contributed by atoms with Crippen molar-refractivity contribution >= 4 is 0 Å². The molecule has 1 aromatic carbocycles. The molecule has 0 aliphatic rings. The Bertz CT molecular complexity index is 495. The zero-order valence-electron chi connectivity index (χ0n) is 11.8. The molecule has 2 atom stereocenters. The van der Waals surface area contributed by atoms with Gasteiger partial charge in [-0.05, 0) is 19.0 Å². The normalized spacial score (nSPS) is 14.3. The fraction of sp³-hybridized carbons (Fsp3) is 0.467. The van der Waals surface area contributed by atoms with Crippen molar-refractivity contribution in [2.45, 2.75) is 39.2 Å². The van der Waals surface area contributed by atoms with E-state index in [-0.39, 0.29) is 5.92 Å². The minimum absolute atomic E-state index is 0.219. The van der Waals surface area contributed by atoms with Crippen LogP contribution in [0.1, 0.15) is 44.0 Å². The fourth-order valence-corrected chi connectivity index (χ4v) is 2.02. The van der Waals surface area contributed by atoms with Crippen molar-refractivity contribution in [3.8, 4) is 0 Å². The first kappa shape index (κ1) is 13.7. The zero-order valence-corrected chi connectivity index (χ0v) is 11.8. The van der Waals surface area contributed by atoms with Crippen LogP contribution in [0.2, 0.25) is 0 Å². The van der Waals surface area contributed by atoms with Gasteiger partial charge in [0.15, 0.2) is 5.82 Å². The molecule has 4 nitrogen and oxygen atoms in total. The number of benzene rings is 1. The van der Waals surface area contributed by atoms with Gasteiger partial charge in [0, 0.05) is 12.5 Å². The van der Waals surface area contributed by atoms with Crippen molar-refractivity contribution in [2.24, 2.45) is 0 Å². The first-order valence-corrected chi connectivity index (χ1v) is 6.80. The van der Waals surface area contributed by atoms with Crippen LogP contribution in [0.25, 0.3) is 0 Å². The molecule has 0 amide bonds. The molecule has 2 unspecified atom stereocenters. The van der Waals surface area contributed by atoms with E-state index in [9.17, 15) is 0 Å². The highest BCUT2D eigenvalue weighted by Gasteiger charge is 2.19. The number of nitrogens with zero attached hydrogens (tertiary/aromatic N) is 2. The molecule has 0 saturated carbocycles. The standard InChI is InChI=1S/C15H21N3O/c1-4-16-12(3)11(2)15-17-14(18-19-15)10-13-8-6-5-7-9-13/h5-9,11-12,16H,4,10H2,1-3H3. The Labute approximate surface area is 114 Å². The average molecular weight is 259 g/mol. The van der Waals surface area contributed by atoms with Crippen LogP contribution in [0.3, 0.4) is 0 Å². The monoisotopic (exact) mass is 259 g/mol. The summed E-state index contributed by atoms with van der Waals surface area (Å²) in [6, 6.07) is 10.5. The molecule has 1 heterocycles. The lowest BCUT2D eigenvalue weighted by Gasteiger charge is -2.16. The van der Waals surface area contributed by atoms with Gasteiger partial charge in [-0.1, -0.05) is 49.3 Å². The predicted molar refractivity (Wildman–Crippen MR) is 75.1 cm³/mol. The van der Waals surface area contributed by atoms with Crippen LogP contribution in [-0.2, 0) is 6.42 Å². The van der Waals surface area contributed by atoms with E-state index in [0.29, 0.717) is 18.4 Å². The van der Waals surface area contributed by atoms with Crippen molar-refractivity contribution in [3.63, 3.8) is 0 Å². The second-order valence-corrected chi connectivity index (χ2v) is 4.85. The lowest BCUT2D eigenvalue weighted by atomic mass is 10.0. The van der Waals surface area contributed by atoms with Crippen LogP contribution >= 0.6 is 0 Å². The highest BCUT2D eigenvalue weighted by molar-refractivity contribution is 5.18. The van der Waals surface area contributed by atoms with Gasteiger partial charge in [-0.25, -0.2) is 0 Å². The first-order valence-electron chi connectivity index (χ1n) is 6.80. The molecule has 0 aliphatic heterocycles. The summed E-state index contributed by atoms with van der Waals surface area (Å²) in [6.07, 6.45) is 0.715. The van der Waals surface area contributed by atoms with E-state index in [1.54, 1.807) is 0 Å². The summed E-state index contributed by atoms with van der Waals surface area (Å²) in [5, 5.41) is 7.44.